The fourth-order valence-electron chi connectivity index (χ4n) is 4.66. The lowest BCUT2D eigenvalue weighted by Gasteiger charge is -2.13. The first kappa shape index (κ1) is 44.6. The van der Waals surface area contributed by atoms with Gasteiger partial charge in [0.2, 0.25) is 0 Å². The largest absolute Gasteiger partial charge is 0.381 e. The van der Waals surface area contributed by atoms with Crippen LogP contribution >= 0.6 is 21.6 Å². The molecular formula is C35H42N4O14S2. The number of rotatable bonds is 24. The highest BCUT2D eigenvalue weighted by Gasteiger charge is 2.33. The second-order valence-corrected chi connectivity index (χ2v) is 14.3. The summed E-state index contributed by atoms with van der Waals surface area (Å²) in [6.07, 6.45) is 6.32. The molecule has 4 heterocycles. The summed E-state index contributed by atoms with van der Waals surface area (Å²) >= 11 is 0. The Hall–Kier alpha value is -4.79. The van der Waals surface area contributed by atoms with Crippen molar-refractivity contribution in [2.75, 3.05) is 38.7 Å². The number of Topliss-reactive ketones (excluding diaryl/α,β-unsaturated/α-hetero) is 2. The average molecular weight is 807 g/mol. The number of imide groups is 3. The Morgan fingerprint density at radius 3 is 1.58 bits per heavy atom. The topological polar surface area (TPSA) is 230 Å². The first-order chi connectivity index (χ1) is 26.4. The van der Waals surface area contributed by atoms with Crippen LogP contribution in [0.3, 0.4) is 0 Å². The molecule has 3 aliphatic heterocycles. The lowest BCUT2D eigenvalue weighted by atomic mass is 10.1. The summed E-state index contributed by atoms with van der Waals surface area (Å²) in [5.41, 5.74) is 0. The third kappa shape index (κ3) is 17.0. The summed E-state index contributed by atoms with van der Waals surface area (Å²) in [5, 5.41) is 1.92. The van der Waals surface area contributed by atoms with Crippen molar-refractivity contribution < 1.29 is 67.1 Å². The molecule has 55 heavy (non-hydrogen) atoms. The van der Waals surface area contributed by atoms with E-state index in [4.69, 9.17) is 14.3 Å². The van der Waals surface area contributed by atoms with E-state index in [2.05, 4.69) is 9.82 Å². The Bertz CT molecular complexity index is 1560. The number of aromatic nitrogens is 1. The van der Waals surface area contributed by atoms with Crippen LogP contribution < -0.4 is 0 Å². The van der Waals surface area contributed by atoms with Crippen LogP contribution in [-0.4, -0.2) is 118 Å². The van der Waals surface area contributed by atoms with Gasteiger partial charge in [-0.3, -0.25) is 43.3 Å². The number of ether oxygens (including phenoxy) is 2. The van der Waals surface area contributed by atoms with Crippen molar-refractivity contribution in [3.05, 3.63) is 36.5 Å². The molecule has 4 rings (SSSR count). The van der Waals surface area contributed by atoms with Crippen LogP contribution in [0.25, 0.3) is 0 Å². The number of carbonyl (C=O) groups is 10. The maximum absolute atomic E-state index is 11.8. The maximum Gasteiger partial charge on any atom is 0.335 e. The molecule has 20 heteroatoms. The monoisotopic (exact) mass is 806 g/mol. The van der Waals surface area contributed by atoms with Gasteiger partial charge in [-0.25, -0.2) is 14.6 Å². The number of hydroxylamine groups is 4. The number of ketones is 2. The van der Waals surface area contributed by atoms with E-state index < -0.39 is 47.4 Å². The second kappa shape index (κ2) is 24.6. The van der Waals surface area contributed by atoms with E-state index in [1.165, 1.54) is 12.2 Å². The molecule has 0 aromatic carbocycles. The summed E-state index contributed by atoms with van der Waals surface area (Å²) in [4.78, 5) is 129. The molecule has 3 aliphatic rings. The maximum atomic E-state index is 11.8. The number of amides is 6. The van der Waals surface area contributed by atoms with Crippen molar-refractivity contribution in [3.8, 4) is 0 Å². The van der Waals surface area contributed by atoms with Crippen LogP contribution in [0, 0.1) is 0 Å². The van der Waals surface area contributed by atoms with E-state index in [-0.39, 0.29) is 89.3 Å². The summed E-state index contributed by atoms with van der Waals surface area (Å²) in [7, 11) is 3.15. The second-order valence-electron chi connectivity index (χ2n) is 11.8. The first-order valence-corrected chi connectivity index (χ1v) is 19.8. The highest BCUT2D eigenvalue weighted by molar-refractivity contribution is 8.76. The molecule has 0 atom stereocenters. The smallest absolute Gasteiger partial charge is 0.335 e. The minimum atomic E-state index is -0.747. The molecule has 1 aromatic heterocycles. The third-order valence-electron chi connectivity index (χ3n) is 7.55. The number of pyridine rings is 1. The fraction of sp³-hybridized carbons (Fsp3) is 0.514. The summed E-state index contributed by atoms with van der Waals surface area (Å²) in [6.45, 7) is 0.801. The minimum Gasteiger partial charge on any atom is -0.381 e. The molecule has 0 spiro atoms. The molecular weight excluding hydrogens is 765 g/mol. The van der Waals surface area contributed by atoms with Crippen LogP contribution in [0.5, 0.6) is 0 Å². The van der Waals surface area contributed by atoms with Gasteiger partial charge in [-0.1, -0.05) is 16.9 Å². The third-order valence-corrected chi connectivity index (χ3v) is 9.82. The molecule has 2 fully saturated rings. The lowest BCUT2D eigenvalue weighted by molar-refractivity contribution is -0.198. The normalized spacial score (nSPS) is 15.2. The highest BCUT2D eigenvalue weighted by atomic mass is 33.1. The quantitative estimate of drug-likeness (QED) is 0.0828. The predicted octanol–water partition coefficient (Wildman–Crippen LogP) is 2.24. The average Bonchev–Trinajstić information content (AvgIpc) is 3.78. The van der Waals surface area contributed by atoms with Crippen LogP contribution in [0.4, 0.5) is 0 Å². The Balaban J connectivity index is 0.000000296. The van der Waals surface area contributed by atoms with Crippen molar-refractivity contribution >= 4 is 80.5 Å². The van der Waals surface area contributed by atoms with E-state index in [9.17, 15) is 47.9 Å². The van der Waals surface area contributed by atoms with Crippen LogP contribution in [0.2, 0.25) is 0 Å². The fourth-order valence-corrected chi connectivity index (χ4v) is 6.57. The van der Waals surface area contributed by atoms with Crippen LogP contribution in [0.1, 0.15) is 77.0 Å². The summed E-state index contributed by atoms with van der Waals surface area (Å²) in [5.74, 6) is -3.57. The zero-order valence-corrected chi connectivity index (χ0v) is 31.6. The van der Waals surface area contributed by atoms with Crippen molar-refractivity contribution in [1.29, 1.82) is 0 Å². The zero-order valence-electron chi connectivity index (χ0n) is 30.0. The van der Waals surface area contributed by atoms with E-state index in [1.807, 2.05) is 18.2 Å². The van der Waals surface area contributed by atoms with Gasteiger partial charge in [-0.05, 0) is 35.8 Å². The number of hydrogen-bond donors (Lipinski definition) is 0. The molecule has 0 saturated carbocycles. The van der Waals surface area contributed by atoms with Gasteiger partial charge < -0.3 is 19.1 Å². The van der Waals surface area contributed by atoms with Gasteiger partial charge in [-0.2, -0.15) is 0 Å². The molecule has 2 saturated heterocycles. The van der Waals surface area contributed by atoms with Gasteiger partial charge in [0.1, 0.15) is 16.6 Å². The standard InChI is InChI=1S/C18H22N2O6S2.C17H20N2O8/c21-14(9-13-27-28-15-5-1-2-10-19-15)4-3-11-25-12-8-18(24)26-20-16(22)6-7-17(20)23;20-12(7-9-18-13(21)3-4-14(18)22)2-1-10-26-11-8-17(25)27-19-15(23)5-6-16(19)24/h1-2,5,10H,3-4,6-9,11-13H2;3-4H,1-2,5-11H2. The van der Waals surface area contributed by atoms with Crippen molar-refractivity contribution in [2.24, 2.45) is 0 Å². The Morgan fingerprint density at radius 2 is 1.11 bits per heavy atom. The molecule has 6 amide bonds. The van der Waals surface area contributed by atoms with E-state index in [0.717, 1.165) is 15.7 Å². The molecule has 0 N–H and O–H groups in total. The molecule has 1 aromatic rings. The van der Waals surface area contributed by atoms with E-state index >= 15 is 0 Å². The molecule has 298 valence electrons. The van der Waals surface area contributed by atoms with E-state index in [0.29, 0.717) is 42.4 Å². The predicted molar refractivity (Wildman–Crippen MR) is 191 cm³/mol. The Labute approximate surface area is 324 Å². The van der Waals surface area contributed by atoms with Gasteiger partial charge >= 0.3 is 11.9 Å². The first-order valence-electron chi connectivity index (χ1n) is 17.5. The lowest BCUT2D eigenvalue weighted by Crippen LogP contribution is -2.32. The van der Waals surface area contributed by atoms with Gasteiger partial charge in [-0.15, -0.1) is 10.1 Å². The SMILES string of the molecule is O=C(CCCOCCC(=O)ON1C(=O)CCC1=O)CCN1C(=O)C=CC1=O.O=C(CCCOCCC(=O)ON1C(=O)CCC1=O)CCSSc1ccccn1. The van der Waals surface area contributed by atoms with Crippen molar-refractivity contribution in [3.63, 3.8) is 0 Å². The minimum absolute atomic E-state index is 0.0334. The molecule has 0 radical (unpaired) electrons. The Morgan fingerprint density at radius 1 is 0.618 bits per heavy atom. The highest BCUT2D eigenvalue weighted by Crippen LogP contribution is 2.29. The van der Waals surface area contributed by atoms with E-state index in [1.54, 1.807) is 27.8 Å². The summed E-state index contributed by atoms with van der Waals surface area (Å²) < 4.78 is 10.5. The van der Waals surface area contributed by atoms with Gasteiger partial charge in [0.15, 0.2) is 0 Å². The van der Waals surface area contributed by atoms with Crippen molar-refractivity contribution in [1.82, 2.24) is 20.0 Å². The molecule has 0 unspecified atom stereocenters. The zero-order chi connectivity index (χ0) is 40.0. The van der Waals surface area contributed by atoms with Crippen LogP contribution in [-0.2, 0) is 67.1 Å². The number of carbonyl (C=O) groups excluding carboxylic acids is 10. The number of hydrogen-bond acceptors (Lipinski definition) is 17. The van der Waals surface area contributed by atoms with Crippen molar-refractivity contribution in [2.45, 2.75) is 82.1 Å². The summed E-state index contributed by atoms with van der Waals surface area (Å²) in [6, 6.07) is 5.71. The molecule has 0 bridgehead atoms. The van der Waals surface area contributed by atoms with Crippen LogP contribution in [0.15, 0.2) is 41.6 Å². The molecule has 18 nitrogen and oxygen atoms in total. The van der Waals surface area contributed by atoms with Gasteiger partial charge in [0.05, 0.1) is 26.1 Å². The molecule has 0 aliphatic carbocycles. The van der Waals surface area contributed by atoms with Gasteiger partial charge in [0.25, 0.3) is 35.4 Å². The Kier molecular flexibility index (Phi) is 19.9. The van der Waals surface area contributed by atoms with Gasteiger partial charge in [0, 0.05) is 95.2 Å². The number of nitrogens with zero attached hydrogens (tertiary/aromatic N) is 4.